The molecule has 3 aromatic rings. The Bertz CT molecular complexity index is 1230. The van der Waals surface area contributed by atoms with Crippen LogP contribution in [0.1, 0.15) is 20.3 Å². The highest BCUT2D eigenvalue weighted by atomic mass is 35.5. The molecule has 30 heavy (non-hydrogen) atoms. The first-order valence-electron chi connectivity index (χ1n) is 9.86. The molecular weight excluding hydrogens is 442 g/mol. The summed E-state index contributed by atoms with van der Waals surface area (Å²) >= 11 is 11.5. The van der Waals surface area contributed by atoms with Crippen molar-refractivity contribution in [2.24, 2.45) is 11.8 Å². The normalized spacial score (nSPS) is 20.5. The molecule has 0 saturated carbocycles. The van der Waals surface area contributed by atoms with E-state index in [1.54, 1.807) is 36.4 Å². The van der Waals surface area contributed by atoms with Crippen molar-refractivity contribution < 1.29 is 12.8 Å². The second-order valence-corrected chi connectivity index (χ2v) is 10.6. The van der Waals surface area contributed by atoms with Crippen molar-refractivity contribution >= 4 is 50.6 Å². The number of hydrogen-bond acceptors (Lipinski definition) is 5. The summed E-state index contributed by atoms with van der Waals surface area (Å²) in [6, 6.07) is 11.5. The summed E-state index contributed by atoms with van der Waals surface area (Å²) in [6.45, 7) is 7.17. The summed E-state index contributed by atoms with van der Waals surface area (Å²) in [5.41, 5.74) is 1.55. The fourth-order valence-electron chi connectivity index (χ4n) is 4.20. The molecule has 0 unspecified atom stereocenters. The van der Waals surface area contributed by atoms with Gasteiger partial charge in [0.2, 0.25) is 0 Å². The molecule has 0 bridgehead atoms. The number of piperidine rings is 1. The minimum absolute atomic E-state index is 0.0889. The smallest absolute Gasteiger partial charge is 0.270 e. The number of sulfonamides is 1. The summed E-state index contributed by atoms with van der Waals surface area (Å²) in [5.74, 6) is 1.27. The number of aromatic nitrogens is 1. The fraction of sp³-hybridized carbons (Fsp3) is 0.381. The van der Waals surface area contributed by atoms with E-state index in [9.17, 15) is 8.42 Å². The van der Waals surface area contributed by atoms with Gasteiger partial charge >= 0.3 is 0 Å². The monoisotopic (exact) mass is 465 g/mol. The topological polar surface area (TPSA) is 67.5 Å². The van der Waals surface area contributed by atoms with Gasteiger partial charge in [-0.3, -0.25) is 14.2 Å². The number of benzene rings is 2. The van der Waals surface area contributed by atoms with E-state index in [0.717, 1.165) is 18.6 Å². The summed E-state index contributed by atoms with van der Waals surface area (Å²) in [5, 5.41) is 0.329. The Morgan fingerprint density at radius 1 is 1.17 bits per heavy atom. The Hall–Kier alpha value is -1.87. The van der Waals surface area contributed by atoms with Gasteiger partial charge in [-0.1, -0.05) is 37.6 Å². The van der Waals surface area contributed by atoms with Crippen molar-refractivity contribution in [3.63, 3.8) is 0 Å². The zero-order valence-corrected chi connectivity index (χ0v) is 19.2. The number of para-hydroxylation sites is 1. The Morgan fingerprint density at radius 2 is 1.87 bits per heavy atom. The van der Waals surface area contributed by atoms with Crippen LogP contribution in [0.2, 0.25) is 5.02 Å². The average Bonchev–Trinajstić information content (AvgIpc) is 2.97. The molecule has 2 heterocycles. The first-order valence-corrected chi connectivity index (χ1v) is 12.1. The van der Waals surface area contributed by atoms with Gasteiger partial charge in [0.15, 0.2) is 5.58 Å². The Kier molecular flexibility index (Phi) is 5.94. The molecule has 0 spiro atoms. The minimum atomic E-state index is -3.82. The Labute approximate surface area is 186 Å². The number of fused-ring (bicyclic) bond motifs is 1. The molecular formula is C21H24ClN3O3S2. The Morgan fingerprint density at radius 3 is 2.57 bits per heavy atom. The van der Waals surface area contributed by atoms with Gasteiger partial charge in [-0.25, -0.2) is 8.42 Å². The molecule has 9 heteroatoms. The lowest BCUT2D eigenvalue weighted by Crippen LogP contribution is -2.39. The summed E-state index contributed by atoms with van der Waals surface area (Å²) < 4.78 is 35.8. The molecule has 0 amide bonds. The number of halogens is 1. The quantitative estimate of drug-likeness (QED) is 0.514. The molecule has 1 aromatic heterocycles. The van der Waals surface area contributed by atoms with E-state index in [1.165, 1.54) is 12.5 Å². The maximum absolute atomic E-state index is 12.8. The molecule has 2 atom stereocenters. The molecule has 1 aliphatic heterocycles. The van der Waals surface area contributed by atoms with Crippen molar-refractivity contribution in [3.8, 4) is 0 Å². The lowest BCUT2D eigenvalue weighted by Gasteiger charge is -2.34. The molecule has 1 aliphatic rings. The molecule has 160 valence electrons. The molecule has 1 saturated heterocycles. The van der Waals surface area contributed by atoms with E-state index >= 15 is 0 Å². The predicted molar refractivity (Wildman–Crippen MR) is 122 cm³/mol. The molecule has 1 fully saturated rings. The summed E-state index contributed by atoms with van der Waals surface area (Å²) in [7, 11) is -3.82. The highest BCUT2D eigenvalue weighted by Crippen LogP contribution is 2.28. The fourth-order valence-corrected chi connectivity index (χ4v) is 5.78. The van der Waals surface area contributed by atoms with Gasteiger partial charge in [-0.15, -0.1) is 0 Å². The van der Waals surface area contributed by atoms with E-state index in [1.807, 2.05) is 4.57 Å². The van der Waals surface area contributed by atoms with Gasteiger partial charge in [0.05, 0.1) is 27.8 Å². The molecule has 4 rings (SSSR count). The number of nitrogens with zero attached hydrogens (tertiary/aromatic N) is 2. The van der Waals surface area contributed by atoms with Crippen LogP contribution in [-0.2, 0) is 16.7 Å². The van der Waals surface area contributed by atoms with Crippen molar-refractivity contribution in [2.75, 3.05) is 17.8 Å². The molecule has 1 N–H and O–H groups in total. The van der Waals surface area contributed by atoms with Crippen LogP contribution in [0.3, 0.4) is 0 Å². The highest BCUT2D eigenvalue weighted by molar-refractivity contribution is 7.92. The minimum Gasteiger partial charge on any atom is -0.429 e. The maximum atomic E-state index is 12.8. The van der Waals surface area contributed by atoms with Crippen LogP contribution in [0.4, 0.5) is 5.69 Å². The second kappa shape index (κ2) is 8.34. The average molecular weight is 466 g/mol. The SMILES string of the molecule is C[C@@H]1C[C@H](C)CN(Cn2c(=S)oc3cc(S(=O)(=O)Nc4ccccc4Cl)ccc32)C1. The van der Waals surface area contributed by atoms with E-state index in [0.29, 0.717) is 39.6 Å². The third-order valence-electron chi connectivity index (χ3n) is 5.35. The molecule has 0 aliphatic carbocycles. The summed E-state index contributed by atoms with van der Waals surface area (Å²) in [4.78, 5) is 2.79. The second-order valence-electron chi connectivity index (χ2n) is 8.13. The predicted octanol–water partition coefficient (Wildman–Crippen LogP) is 5.35. The van der Waals surface area contributed by atoms with Crippen LogP contribution < -0.4 is 4.72 Å². The zero-order valence-electron chi connectivity index (χ0n) is 16.8. The third kappa shape index (κ3) is 4.42. The lowest BCUT2D eigenvalue weighted by atomic mass is 9.92. The van der Waals surface area contributed by atoms with Crippen LogP contribution in [0.15, 0.2) is 51.8 Å². The number of nitrogens with one attached hydrogen (secondary N) is 1. The summed E-state index contributed by atoms with van der Waals surface area (Å²) in [6.07, 6.45) is 1.23. The van der Waals surface area contributed by atoms with E-state index < -0.39 is 10.0 Å². The van der Waals surface area contributed by atoms with Crippen LogP contribution in [0.25, 0.3) is 11.1 Å². The Balaban J connectivity index is 1.63. The van der Waals surface area contributed by atoms with Gasteiger partial charge in [0, 0.05) is 19.2 Å². The first kappa shape index (κ1) is 21.4. The van der Waals surface area contributed by atoms with Crippen molar-refractivity contribution in [2.45, 2.75) is 31.8 Å². The van der Waals surface area contributed by atoms with Crippen LogP contribution in [0, 0.1) is 16.7 Å². The van der Waals surface area contributed by atoms with Gasteiger partial charge in [-0.05, 0) is 54.7 Å². The zero-order chi connectivity index (χ0) is 21.5. The molecule has 6 nitrogen and oxygen atoms in total. The standard InChI is InChI=1S/C21H24ClN3O3S2/c1-14-9-15(2)12-24(11-14)13-25-19-8-7-16(10-20(19)28-21(25)29)30(26,27)23-18-6-4-3-5-17(18)22/h3-8,10,14-15,23H,9,11-13H2,1-2H3/t14-,15+. The third-order valence-corrected chi connectivity index (χ3v) is 7.35. The number of anilines is 1. The number of rotatable bonds is 5. The number of likely N-dealkylation sites (tertiary alicyclic amines) is 1. The van der Waals surface area contributed by atoms with Crippen molar-refractivity contribution in [1.82, 2.24) is 9.47 Å². The van der Waals surface area contributed by atoms with Crippen LogP contribution in [-0.4, -0.2) is 31.0 Å². The van der Waals surface area contributed by atoms with E-state index in [2.05, 4.69) is 23.5 Å². The van der Waals surface area contributed by atoms with Gasteiger partial charge < -0.3 is 4.42 Å². The lowest BCUT2D eigenvalue weighted by molar-refractivity contribution is 0.109. The number of hydrogen-bond donors (Lipinski definition) is 1. The largest absolute Gasteiger partial charge is 0.429 e. The molecule has 2 aromatic carbocycles. The number of oxazole rings is 1. The van der Waals surface area contributed by atoms with Crippen molar-refractivity contribution in [3.05, 3.63) is 52.3 Å². The van der Waals surface area contributed by atoms with Crippen LogP contribution >= 0.6 is 23.8 Å². The van der Waals surface area contributed by atoms with Gasteiger partial charge in [0.1, 0.15) is 0 Å². The van der Waals surface area contributed by atoms with E-state index in [-0.39, 0.29) is 4.90 Å². The van der Waals surface area contributed by atoms with Crippen molar-refractivity contribution in [1.29, 1.82) is 0 Å². The van der Waals surface area contributed by atoms with Crippen LogP contribution in [0.5, 0.6) is 0 Å². The molecule has 0 radical (unpaired) electrons. The van der Waals surface area contributed by atoms with E-state index in [4.69, 9.17) is 28.2 Å². The first-order chi connectivity index (χ1) is 14.2. The maximum Gasteiger partial charge on any atom is 0.270 e. The van der Waals surface area contributed by atoms with Gasteiger partial charge in [0.25, 0.3) is 14.9 Å². The van der Waals surface area contributed by atoms with Gasteiger partial charge in [-0.2, -0.15) is 0 Å². The highest BCUT2D eigenvalue weighted by Gasteiger charge is 2.23.